The molecule has 1 aromatic heterocycles. The maximum absolute atomic E-state index is 12.0. The van der Waals surface area contributed by atoms with Crippen LogP contribution in [-0.4, -0.2) is 41.0 Å². The molecular weight excluding hydrogens is 294 g/mol. The first kappa shape index (κ1) is 15.3. The SMILES string of the molecule is CSc1sc(NC(=O)CN2CCCCCC2=O)nc1C. The van der Waals surface area contributed by atoms with Crippen molar-refractivity contribution in [1.29, 1.82) is 0 Å². The summed E-state index contributed by atoms with van der Waals surface area (Å²) in [6.07, 6.45) is 5.51. The summed E-state index contributed by atoms with van der Waals surface area (Å²) in [5.41, 5.74) is 0.934. The number of amides is 2. The largest absolute Gasteiger partial charge is 0.333 e. The number of nitrogens with zero attached hydrogens (tertiary/aromatic N) is 2. The first-order valence-electron chi connectivity index (χ1n) is 6.69. The van der Waals surface area contributed by atoms with Crippen molar-refractivity contribution < 1.29 is 9.59 Å². The van der Waals surface area contributed by atoms with Crippen molar-refractivity contribution in [2.24, 2.45) is 0 Å². The van der Waals surface area contributed by atoms with Gasteiger partial charge in [0.15, 0.2) is 5.13 Å². The number of thiazole rings is 1. The molecule has 1 aromatic rings. The lowest BCUT2D eigenvalue weighted by molar-refractivity contribution is -0.134. The average molecular weight is 313 g/mol. The van der Waals surface area contributed by atoms with Crippen molar-refractivity contribution in [2.75, 3.05) is 24.7 Å². The van der Waals surface area contributed by atoms with E-state index in [0.29, 0.717) is 18.1 Å². The van der Waals surface area contributed by atoms with Gasteiger partial charge in [-0.05, 0) is 26.0 Å². The van der Waals surface area contributed by atoms with Crippen LogP contribution in [0.4, 0.5) is 5.13 Å². The van der Waals surface area contributed by atoms with Crippen LogP contribution >= 0.6 is 23.1 Å². The van der Waals surface area contributed by atoms with E-state index in [1.165, 1.54) is 11.3 Å². The lowest BCUT2D eigenvalue weighted by atomic mass is 10.2. The van der Waals surface area contributed by atoms with Crippen molar-refractivity contribution in [3.8, 4) is 0 Å². The van der Waals surface area contributed by atoms with Crippen molar-refractivity contribution in [3.05, 3.63) is 5.69 Å². The summed E-state index contributed by atoms with van der Waals surface area (Å²) in [7, 11) is 0. The number of nitrogens with one attached hydrogen (secondary N) is 1. The van der Waals surface area contributed by atoms with E-state index in [1.54, 1.807) is 16.7 Å². The van der Waals surface area contributed by atoms with Crippen LogP contribution in [0.25, 0.3) is 0 Å². The van der Waals surface area contributed by atoms with Gasteiger partial charge in [0.1, 0.15) is 0 Å². The normalized spacial score (nSPS) is 16.1. The number of rotatable bonds is 4. The summed E-state index contributed by atoms with van der Waals surface area (Å²) in [4.78, 5) is 29.8. The fourth-order valence-electron chi connectivity index (χ4n) is 2.16. The zero-order chi connectivity index (χ0) is 14.5. The smallest absolute Gasteiger partial charge is 0.245 e. The molecule has 1 saturated heterocycles. The maximum atomic E-state index is 12.0. The molecule has 20 heavy (non-hydrogen) atoms. The second-order valence-corrected chi connectivity index (χ2v) is 6.84. The van der Waals surface area contributed by atoms with Crippen molar-refractivity contribution in [2.45, 2.75) is 36.8 Å². The number of aryl methyl sites for hydroxylation is 1. The van der Waals surface area contributed by atoms with Crippen LogP contribution in [-0.2, 0) is 9.59 Å². The van der Waals surface area contributed by atoms with Gasteiger partial charge in [0.25, 0.3) is 0 Å². The molecule has 2 amide bonds. The fraction of sp³-hybridized carbons (Fsp3) is 0.615. The predicted molar refractivity (Wildman–Crippen MR) is 82.3 cm³/mol. The van der Waals surface area contributed by atoms with Gasteiger partial charge < -0.3 is 10.2 Å². The zero-order valence-electron chi connectivity index (χ0n) is 11.8. The third-order valence-electron chi connectivity index (χ3n) is 3.19. The van der Waals surface area contributed by atoms with Crippen molar-refractivity contribution in [3.63, 3.8) is 0 Å². The minimum Gasteiger partial charge on any atom is -0.333 e. The Labute approximate surface area is 127 Å². The highest BCUT2D eigenvalue weighted by atomic mass is 32.2. The summed E-state index contributed by atoms with van der Waals surface area (Å²) >= 11 is 3.09. The van der Waals surface area contributed by atoms with E-state index in [1.807, 2.05) is 13.2 Å². The number of carbonyl (C=O) groups excluding carboxylic acids is 2. The molecule has 110 valence electrons. The quantitative estimate of drug-likeness (QED) is 0.868. The highest BCUT2D eigenvalue weighted by molar-refractivity contribution is 8.00. The van der Waals surface area contributed by atoms with E-state index >= 15 is 0 Å². The summed E-state index contributed by atoms with van der Waals surface area (Å²) in [5, 5.41) is 3.40. The van der Waals surface area contributed by atoms with Crippen LogP contribution in [0.5, 0.6) is 0 Å². The Morgan fingerprint density at radius 1 is 1.45 bits per heavy atom. The number of aromatic nitrogens is 1. The van der Waals surface area contributed by atoms with Crippen molar-refractivity contribution in [1.82, 2.24) is 9.88 Å². The van der Waals surface area contributed by atoms with Crippen LogP contribution in [0.2, 0.25) is 0 Å². The molecule has 5 nitrogen and oxygen atoms in total. The maximum Gasteiger partial charge on any atom is 0.245 e. The van der Waals surface area contributed by atoms with E-state index in [4.69, 9.17) is 0 Å². The molecule has 0 unspecified atom stereocenters. The molecule has 0 spiro atoms. The van der Waals surface area contributed by atoms with Gasteiger partial charge in [-0.3, -0.25) is 9.59 Å². The number of likely N-dealkylation sites (tertiary alicyclic amines) is 1. The fourth-order valence-corrected chi connectivity index (χ4v) is 3.79. The summed E-state index contributed by atoms with van der Waals surface area (Å²) in [6, 6.07) is 0. The van der Waals surface area contributed by atoms with Gasteiger partial charge in [0.05, 0.1) is 16.4 Å². The summed E-state index contributed by atoms with van der Waals surface area (Å²) < 4.78 is 1.10. The lowest BCUT2D eigenvalue weighted by Gasteiger charge is -2.19. The molecule has 7 heteroatoms. The number of hydrogen-bond donors (Lipinski definition) is 1. The first-order valence-corrected chi connectivity index (χ1v) is 8.73. The monoisotopic (exact) mass is 313 g/mol. The van der Waals surface area contributed by atoms with E-state index in [0.717, 1.165) is 29.2 Å². The van der Waals surface area contributed by atoms with Crippen LogP contribution in [0.3, 0.4) is 0 Å². The Morgan fingerprint density at radius 2 is 2.25 bits per heavy atom. The third kappa shape index (κ3) is 3.96. The molecule has 2 heterocycles. The Kier molecular flexibility index (Phi) is 5.42. The molecular formula is C13H19N3O2S2. The van der Waals surface area contributed by atoms with Crippen molar-refractivity contribution >= 4 is 40.0 Å². The number of hydrogen-bond acceptors (Lipinski definition) is 5. The molecule has 0 atom stereocenters. The number of thioether (sulfide) groups is 1. The van der Waals surface area contributed by atoms with Gasteiger partial charge in [-0.2, -0.15) is 0 Å². The summed E-state index contributed by atoms with van der Waals surface area (Å²) in [5.74, 6) is -0.0839. The van der Waals surface area contributed by atoms with Gasteiger partial charge in [-0.25, -0.2) is 4.98 Å². The van der Waals surface area contributed by atoms with Gasteiger partial charge in [-0.15, -0.1) is 11.8 Å². The molecule has 1 aliphatic heterocycles. The standard InChI is InChI=1S/C13H19N3O2S2/c1-9-12(19-2)20-13(14-9)15-10(17)8-16-7-5-3-4-6-11(16)18/h3-8H2,1-2H3,(H,14,15,17). The second kappa shape index (κ2) is 7.08. The minimum absolute atomic E-state index is 0.0813. The molecule has 1 fully saturated rings. The van der Waals surface area contributed by atoms with Gasteiger partial charge in [0, 0.05) is 13.0 Å². The molecule has 0 saturated carbocycles. The Bertz CT molecular complexity index is 502. The highest BCUT2D eigenvalue weighted by Gasteiger charge is 2.20. The van der Waals surface area contributed by atoms with Gasteiger partial charge >= 0.3 is 0 Å². The second-order valence-electron chi connectivity index (χ2n) is 4.77. The summed E-state index contributed by atoms with van der Waals surface area (Å²) in [6.45, 7) is 2.74. The van der Waals surface area contributed by atoms with E-state index in [9.17, 15) is 9.59 Å². The van der Waals surface area contributed by atoms with Crippen LogP contribution < -0.4 is 5.32 Å². The van der Waals surface area contributed by atoms with Crippen LogP contribution in [0, 0.1) is 6.92 Å². The average Bonchev–Trinajstić information content (AvgIpc) is 2.63. The molecule has 1 N–H and O–H groups in total. The number of anilines is 1. The molecule has 2 rings (SSSR count). The topological polar surface area (TPSA) is 62.3 Å². The van der Waals surface area contributed by atoms with E-state index in [2.05, 4.69) is 10.3 Å². The molecule has 0 aromatic carbocycles. The Morgan fingerprint density at radius 3 is 2.95 bits per heavy atom. The zero-order valence-corrected chi connectivity index (χ0v) is 13.4. The van der Waals surface area contributed by atoms with Crippen LogP contribution in [0.15, 0.2) is 4.21 Å². The molecule has 0 bridgehead atoms. The Balaban J connectivity index is 1.92. The van der Waals surface area contributed by atoms with Gasteiger partial charge in [-0.1, -0.05) is 17.8 Å². The molecule has 1 aliphatic rings. The van der Waals surface area contributed by atoms with Gasteiger partial charge in [0.2, 0.25) is 11.8 Å². The Hall–Kier alpha value is -1.08. The van der Waals surface area contributed by atoms with E-state index < -0.39 is 0 Å². The number of carbonyl (C=O) groups is 2. The van der Waals surface area contributed by atoms with E-state index in [-0.39, 0.29) is 18.4 Å². The first-order chi connectivity index (χ1) is 9.60. The minimum atomic E-state index is -0.165. The lowest BCUT2D eigenvalue weighted by Crippen LogP contribution is -2.37. The highest BCUT2D eigenvalue weighted by Crippen LogP contribution is 2.30. The molecule has 0 radical (unpaired) electrons. The third-order valence-corrected chi connectivity index (χ3v) is 5.48. The van der Waals surface area contributed by atoms with Crippen LogP contribution in [0.1, 0.15) is 31.4 Å². The predicted octanol–water partition coefficient (Wildman–Crippen LogP) is 2.51. The molecule has 0 aliphatic carbocycles.